The van der Waals surface area contributed by atoms with Gasteiger partial charge in [-0.05, 0) is 37.5 Å². The highest BCUT2D eigenvalue weighted by Gasteiger charge is 2.32. The van der Waals surface area contributed by atoms with Gasteiger partial charge in [-0.1, -0.05) is 31.0 Å². The van der Waals surface area contributed by atoms with E-state index in [0.717, 1.165) is 6.42 Å². The summed E-state index contributed by atoms with van der Waals surface area (Å²) in [7, 11) is 0. The fourth-order valence-electron chi connectivity index (χ4n) is 1.91. The zero-order valence-corrected chi connectivity index (χ0v) is 10.7. The Bertz CT molecular complexity index is 420. The van der Waals surface area contributed by atoms with Gasteiger partial charge in [-0.2, -0.15) is 0 Å². The first-order chi connectivity index (χ1) is 7.89. The SMILES string of the molecule is CCCC(C)(Cc1ccc(F)cc1Cl)C(=O)O. The summed E-state index contributed by atoms with van der Waals surface area (Å²) < 4.78 is 12.9. The van der Waals surface area contributed by atoms with Gasteiger partial charge < -0.3 is 5.11 Å². The first-order valence-corrected chi connectivity index (χ1v) is 5.94. The molecule has 0 heterocycles. The summed E-state index contributed by atoms with van der Waals surface area (Å²) >= 11 is 5.91. The van der Waals surface area contributed by atoms with Crippen molar-refractivity contribution in [1.82, 2.24) is 0 Å². The Labute approximate surface area is 105 Å². The van der Waals surface area contributed by atoms with E-state index >= 15 is 0 Å². The Morgan fingerprint density at radius 3 is 2.65 bits per heavy atom. The van der Waals surface area contributed by atoms with E-state index in [0.29, 0.717) is 18.4 Å². The largest absolute Gasteiger partial charge is 0.481 e. The maximum atomic E-state index is 12.9. The zero-order valence-electron chi connectivity index (χ0n) is 9.96. The van der Waals surface area contributed by atoms with Crippen LogP contribution in [0, 0.1) is 11.2 Å². The number of hydrogen-bond donors (Lipinski definition) is 1. The van der Waals surface area contributed by atoms with Gasteiger partial charge in [0.2, 0.25) is 0 Å². The van der Waals surface area contributed by atoms with Crippen molar-refractivity contribution in [2.24, 2.45) is 5.41 Å². The molecule has 0 aromatic heterocycles. The Balaban J connectivity index is 2.98. The number of rotatable bonds is 5. The summed E-state index contributed by atoms with van der Waals surface area (Å²) in [5.74, 6) is -1.26. The first kappa shape index (κ1) is 14.0. The minimum Gasteiger partial charge on any atom is -0.481 e. The average Bonchev–Trinajstić information content (AvgIpc) is 2.22. The number of carbonyl (C=O) groups is 1. The Kier molecular flexibility index (Phi) is 4.52. The van der Waals surface area contributed by atoms with Crippen LogP contribution in [0.2, 0.25) is 5.02 Å². The Morgan fingerprint density at radius 2 is 2.18 bits per heavy atom. The van der Waals surface area contributed by atoms with E-state index in [4.69, 9.17) is 11.6 Å². The second-order valence-electron chi connectivity index (χ2n) is 4.53. The van der Waals surface area contributed by atoms with Crippen LogP contribution < -0.4 is 0 Å². The van der Waals surface area contributed by atoms with E-state index < -0.39 is 17.2 Å². The van der Waals surface area contributed by atoms with Gasteiger partial charge in [-0.15, -0.1) is 0 Å². The molecule has 0 spiro atoms. The number of halogens is 2. The van der Waals surface area contributed by atoms with Crippen molar-refractivity contribution in [2.75, 3.05) is 0 Å². The smallest absolute Gasteiger partial charge is 0.309 e. The van der Waals surface area contributed by atoms with E-state index in [2.05, 4.69) is 0 Å². The van der Waals surface area contributed by atoms with E-state index in [1.54, 1.807) is 13.0 Å². The average molecular weight is 259 g/mol. The lowest BCUT2D eigenvalue weighted by Gasteiger charge is -2.24. The number of aliphatic carboxylic acids is 1. The van der Waals surface area contributed by atoms with Crippen LogP contribution in [0.1, 0.15) is 32.3 Å². The van der Waals surface area contributed by atoms with Crippen molar-refractivity contribution in [3.63, 3.8) is 0 Å². The van der Waals surface area contributed by atoms with Crippen LogP contribution in [0.4, 0.5) is 4.39 Å². The molecule has 1 rings (SSSR count). The molecule has 0 radical (unpaired) electrons. The lowest BCUT2D eigenvalue weighted by atomic mass is 9.80. The molecule has 94 valence electrons. The number of carboxylic acid groups (broad SMARTS) is 1. The maximum Gasteiger partial charge on any atom is 0.309 e. The van der Waals surface area contributed by atoms with E-state index in [9.17, 15) is 14.3 Å². The first-order valence-electron chi connectivity index (χ1n) is 5.56. The Morgan fingerprint density at radius 1 is 1.53 bits per heavy atom. The van der Waals surface area contributed by atoms with Gasteiger partial charge in [0.05, 0.1) is 5.41 Å². The molecule has 0 amide bonds. The molecule has 0 aliphatic carbocycles. The lowest BCUT2D eigenvalue weighted by Crippen LogP contribution is -2.30. The summed E-state index contributed by atoms with van der Waals surface area (Å²) in [6, 6.07) is 4.06. The molecule has 0 fully saturated rings. The van der Waals surface area contributed by atoms with Crippen LogP contribution in [0.25, 0.3) is 0 Å². The number of carboxylic acids is 1. The summed E-state index contributed by atoms with van der Waals surface area (Å²) in [4.78, 5) is 11.3. The normalized spacial score (nSPS) is 14.4. The van der Waals surface area contributed by atoms with Crippen molar-refractivity contribution >= 4 is 17.6 Å². The molecule has 1 atom stereocenters. The van der Waals surface area contributed by atoms with Gasteiger partial charge in [-0.3, -0.25) is 4.79 Å². The molecule has 0 bridgehead atoms. The molecule has 2 nitrogen and oxygen atoms in total. The van der Waals surface area contributed by atoms with Crippen LogP contribution in [-0.4, -0.2) is 11.1 Å². The van der Waals surface area contributed by atoms with Gasteiger partial charge in [0.25, 0.3) is 0 Å². The number of benzene rings is 1. The molecule has 0 saturated carbocycles. The molecular formula is C13H16ClFO2. The van der Waals surface area contributed by atoms with Gasteiger partial charge >= 0.3 is 5.97 Å². The highest BCUT2D eigenvalue weighted by Crippen LogP contribution is 2.31. The van der Waals surface area contributed by atoms with Gasteiger partial charge in [0.1, 0.15) is 5.82 Å². The van der Waals surface area contributed by atoms with Crippen molar-refractivity contribution < 1.29 is 14.3 Å². The zero-order chi connectivity index (χ0) is 13.1. The van der Waals surface area contributed by atoms with Crippen LogP contribution in [0.3, 0.4) is 0 Å². The van der Waals surface area contributed by atoms with Gasteiger partial charge in [-0.25, -0.2) is 4.39 Å². The minimum absolute atomic E-state index is 0.286. The van der Waals surface area contributed by atoms with E-state index in [1.807, 2.05) is 6.92 Å². The van der Waals surface area contributed by atoms with Crippen molar-refractivity contribution in [2.45, 2.75) is 33.1 Å². The molecule has 1 unspecified atom stereocenters. The summed E-state index contributed by atoms with van der Waals surface area (Å²) in [5, 5.41) is 9.54. The monoisotopic (exact) mass is 258 g/mol. The van der Waals surface area contributed by atoms with E-state index in [-0.39, 0.29) is 5.02 Å². The predicted molar refractivity (Wildman–Crippen MR) is 65.8 cm³/mol. The summed E-state index contributed by atoms with van der Waals surface area (Å²) in [6.07, 6.45) is 1.66. The third kappa shape index (κ3) is 3.43. The second-order valence-corrected chi connectivity index (χ2v) is 4.94. The quantitative estimate of drug-likeness (QED) is 0.869. The highest BCUT2D eigenvalue weighted by molar-refractivity contribution is 6.31. The van der Waals surface area contributed by atoms with Gasteiger partial charge in [0.15, 0.2) is 0 Å². The topological polar surface area (TPSA) is 37.3 Å². The van der Waals surface area contributed by atoms with E-state index in [1.165, 1.54) is 12.1 Å². The van der Waals surface area contributed by atoms with Gasteiger partial charge in [0, 0.05) is 5.02 Å². The van der Waals surface area contributed by atoms with Crippen molar-refractivity contribution in [1.29, 1.82) is 0 Å². The Hall–Kier alpha value is -1.09. The molecule has 0 aliphatic rings. The molecule has 17 heavy (non-hydrogen) atoms. The minimum atomic E-state index is -0.851. The number of hydrogen-bond acceptors (Lipinski definition) is 1. The fourth-order valence-corrected chi connectivity index (χ4v) is 2.14. The van der Waals surface area contributed by atoms with Crippen LogP contribution in [0.15, 0.2) is 18.2 Å². The van der Waals surface area contributed by atoms with Crippen LogP contribution in [-0.2, 0) is 11.2 Å². The standard InChI is InChI=1S/C13H16ClFO2/c1-3-6-13(2,12(16)17)8-9-4-5-10(15)7-11(9)14/h4-5,7H,3,6,8H2,1-2H3,(H,16,17). The molecule has 4 heteroatoms. The fraction of sp³-hybridized carbons (Fsp3) is 0.462. The second kappa shape index (κ2) is 5.50. The molecule has 0 saturated heterocycles. The molecule has 0 aliphatic heterocycles. The third-order valence-electron chi connectivity index (χ3n) is 2.91. The van der Waals surface area contributed by atoms with Crippen LogP contribution in [0.5, 0.6) is 0 Å². The molecule has 1 aromatic rings. The van der Waals surface area contributed by atoms with Crippen molar-refractivity contribution in [3.05, 3.63) is 34.6 Å². The molecule has 1 N–H and O–H groups in total. The predicted octanol–water partition coefficient (Wildman–Crippen LogP) is 3.91. The molecule has 1 aromatic carbocycles. The van der Waals surface area contributed by atoms with Crippen molar-refractivity contribution in [3.8, 4) is 0 Å². The summed E-state index contributed by atoms with van der Waals surface area (Å²) in [5.41, 5.74) is -0.178. The van der Waals surface area contributed by atoms with Crippen LogP contribution >= 0.6 is 11.6 Å². The maximum absolute atomic E-state index is 12.9. The molecular weight excluding hydrogens is 243 g/mol. The summed E-state index contributed by atoms with van der Waals surface area (Å²) in [6.45, 7) is 3.63. The highest BCUT2D eigenvalue weighted by atomic mass is 35.5. The third-order valence-corrected chi connectivity index (χ3v) is 3.27. The lowest BCUT2D eigenvalue weighted by molar-refractivity contribution is -0.148.